The van der Waals surface area contributed by atoms with Crippen LogP contribution in [0.3, 0.4) is 0 Å². The van der Waals surface area contributed by atoms with Crippen LogP contribution in [0.15, 0.2) is 24.4 Å². The summed E-state index contributed by atoms with van der Waals surface area (Å²) in [7, 11) is 3.29. The van der Waals surface area contributed by atoms with E-state index in [1.807, 2.05) is 30.0 Å². The van der Waals surface area contributed by atoms with Crippen molar-refractivity contribution >= 4 is 11.7 Å². The maximum Gasteiger partial charge on any atom is 0.292 e. The van der Waals surface area contributed by atoms with Crippen LogP contribution in [0.4, 0.5) is 0 Å². The quantitative estimate of drug-likeness (QED) is 0.637. The molecular weight excluding hydrogens is 398 g/mol. The number of ether oxygens (including phenoxy) is 3. The summed E-state index contributed by atoms with van der Waals surface area (Å²) in [6.07, 6.45) is 4.03. The molecule has 162 valence electrons. The van der Waals surface area contributed by atoms with Gasteiger partial charge in [0.25, 0.3) is 11.7 Å². The molecule has 2 aromatic heterocycles. The molecule has 1 saturated heterocycles. The third-order valence-corrected chi connectivity index (χ3v) is 6.32. The van der Waals surface area contributed by atoms with Crippen LogP contribution in [0.5, 0.6) is 11.5 Å². The minimum absolute atomic E-state index is 0.142. The van der Waals surface area contributed by atoms with E-state index >= 15 is 0 Å². The number of fused-ring (bicyclic) bond motifs is 3. The zero-order valence-electron chi connectivity index (χ0n) is 17.9. The molecule has 1 amide bonds. The van der Waals surface area contributed by atoms with Gasteiger partial charge in [0, 0.05) is 25.0 Å². The van der Waals surface area contributed by atoms with Gasteiger partial charge in [-0.1, -0.05) is 0 Å². The van der Waals surface area contributed by atoms with Gasteiger partial charge in [0.05, 0.1) is 26.4 Å². The van der Waals surface area contributed by atoms with Crippen molar-refractivity contribution in [2.45, 2.75) is 31.8 Å². The van der Waals surface area contributed by atoms with Gasteiger partial charge in [-0.05, 0) is 55.5 Å². The molecule has 0 aliphatic carbocycles. The van der Waals surface area contributed by atoms with Crippen molar-refractivity contribution < 1.29 is 19.0 Å². The van der Waals surface area contributed by atoms with E-state index in [-0.39, 0.29) is 11.7 Å². The van der Waals surface area contributed by atoms with Gasteiger partial charge in [-0.3, -0.25) is 9.20 Å². The van der Waals surface area contributed by atoms with E-state index in [9.17, 15) is 4.79 Å². The number of hydrogen-bond acceptors (Lipinski definition) is 7. The first-order valence-electron chi connectivity index (χ1n) is 10.4. The normalized spacial score (nSPS) is 17.6. The van der Waals surface area contributed by atoms with E-state index in [2.05, 4.69) is 15.2 Å². The van der Waals surface area contributed by atoms with Crippen LogP contribution in [0.1, 0.15) is 40.3 Å². The number of rotatable bonds is 3. The molecule has 5 rings (SSSR count). The molecule has 0 N–H and O–H groups in total. The highest BCUT2D eigenvalue weighted by atomic mass is 16.5. The highest BCUT2D eigenvalue weighted by Gasteiger charge is 2.43. The van der Waals surface area contributed by atoms with Crippen LogP contribution in [-0.4, -0.2) is 64.3 Å². The molecular formula is C22H25N5O4. The van der Waals surface area contributed by atoms with Crippen molar-refractivity contribution in [3.8, 4) is 11.5 Å². The number of aromatic nitrogens is 4. The van der Waals surface area contributed by atoms with Crippen molar-refractivity contribution in [2.24, 2.45) is 0 Å². The van der Waals surface area contributed by atoms with Crippen molar-refractivity contribution in [3.63, 3.8) is 0 Å². The molecule has 4 heterocycles. The molecule has 9 heteroatoms. The van der Waals surface area contributed by atoms with E-state index in [0.717, 1.165) is 23.4 Å². The van der Waals surface area contributed by atoms with Crippen molar-refractivity contribution in [1.82, 2.24) is 24.5 Å². The number of likely N-dealkylation sites (tertiary alicyclic amines) is 1. The minimum Gasteiger partial charge on any atom is -0.493 e. The molecule has 0 saturated carbocycles. The molecule has 1 fully saturated rings. The Labute approximate surface area is 179 Å². The lowest BCUT2D eigenvalue weighted by Gasteiger charge is -2.45. The molecule has 3 aromatic rings. The summed E-state index contributed by atoms with van der Waals surface area (Å²) >= 11 is 0. The van der Waals surface area contributed by atoms with Crippen LogP contribution in [0.2, 0.25) is 0 Å². The van der Waals surface area contributed by atoms with Gasteiger partial charge in [0.2, 0.25) is 5.82 Å². The number of carbonyl (C=O) groups is 1. The van der Waals surface area contributed by atoms with E-state index in [4.69, 9.17) is 14.2 Å². The molecule has 0 atom stereocenters. The minimum atomic E-state index is -0.421. The number of carbonyl (C=O) groups excluding carboxylic acids is 1. The molecule has 9 nitrogen and oxygen atoms in total. The average molecular weight is 423 g/mol. The van der Waals surface area contributed by atoms with Gasteiger partial charge < -0.3 is 19.1 Å². The third kappa shape index (κ3) is 3.20. The highest BCUT2D eigenvalue weighted by Crippen LogP contribution is 2.45. The Hall–Kier alpha value is -3.20. The average Bonchev–Trinajstić information content (AvgIpc) is 3.21. The summed E-state index contributed by atoms with van der Waals surface area (Å²) in [5.41, 5.74) is 2.76. The second kappa shape index (κ2) is 7.49. The van der Waals surface area contributed by atoms with Gasteiger partial charge in [-0.25, -0.2) is 4.98 Å². The van der Waals surface area contributed by atoms with Gasteiger partial charge in [0.1, 0.15) is 0 Å². The maximum absolute atomic E-state index is 13.2. The molecule has 1 spiro atoms. The maximum atomic E-state index is 13.2. The highest BCUT2D eigenvalue weighted by molar-refractivity contribution is 5.91. The number of nitrogens with zero attached hydrogens (tertiary/aromatic N) is 5. The standard InChI is InChI=1S/C22H25N5O4/c1-14-4-8-27-19(24-25-21(27)23-14)20(28)26-9-6-22(7-10-26)16-13-18(30-3)17(29-2)12-15(16)5-11-31-22/h4,8,12-13H,5-7,9-11H2,1-3H3. The monoisotopic (exact) mass is 423 g/mol. The molecule has 0 unspecified atom stereocenters. The number of amides is 1. The van der Waals surface area contributed by atoms with E-state index in [1.165, 1.54) is 5.56 Å². The molecule has 2 aliphatic heterocycles. The smallest absolute Gasteiger partial charge is 0.292 e. The summed E-state index contributed by atoms with van der Waals surface area (Å²) in [6.45, 7) is 3.67. The summed E-state index contributed by atoms with van der Waals surface area (Å²) in [4.78, 5) is 19.3. The summed E-state index contributed by atoms with van der Waals surface area (Å²) in [5.74, 6) is 2.00. The molecule has 31 heavy (non-hydrogen) atoms. The van der Waals surface area contributed by atoms with Crippen molar-refractivity contribution in [2.75, 3.05) is 33.9 Å². The Kier molecular flexibility index (Phi) is 4.77. The predicted molar refractivity (Wildman–Crippen MR) is 112 cm³/mol. The van der Waals surface area contributed by atoms with E-state index in [0.29, 0.717) is 44.1 Å². The first-order chi connectivity index (χ1) is 15.0. The van der Waals surface area contributed by atoms with E-state index in [1.54, 1.807) is 24.8 Å². The topological polar surface area (TPSA) is 91.1 Å². The Morgan fingerprint density at radius 3 is 2.61 bits per heavy atom. The number of hydrogen-bond donors (Lipinski definition) is 0. The Bertz CT molecular complexity index is 1150. The fraction of sp³-hybridized carbons (Fsp3) is 0.455. The second-order valence-electron chi connectivity index (χ2n) is 8.01. The van der Waals surface area contributed by atoms with Crippen LogP contribution < -0.4 is 9.47 Å². The molecule has 1 aromatic carbocycles. The summed E-state index contributed by atoms with van der Waals surface area (Å²) < 4.78 is 19.0. The Balaban J connectivity index is 1.40. The van der Waals surface area contributed by atoms with Crippen molar-refractivity contribution in [1.29, 1.82) is 0 Å². The zero-order chi connectivity index (χ0) is 21.6. The SMILES string of the molecule is COc1cc2c(cc1OC)C1(CCN(C(=O)c3nnc4nc(C)ccn34)CC1)OCC2. The number of benzene rings is 1. The largest absolute Gasteiger partial charge is 0.493 e. The molecule has 2 aliphatic rings. The predicted octanol–water partition coefficient (Wildman–Crippen LogP) is 2.15. The fourth-order valence-electron chi connectivity index (χ4n) is 4.63. The zero-order valence-corrected chi connectivity index (χ0v) is 17.9. The number of aryl methyl sites for hydroxylation is 1. The van der Waals surface area contributed by atoms with E-state index < -0.39 is 5.60 Å². The van der Waals surface area contributed by atoms with Gasteiger partial charge in [-0.15, -0.1) is 10.2 Å². The molecule has 0 radical (unpaired) electrons. The Morgan fingerprint density at radius 1 is 1.13 bits per heavy atom. The summed E-state index contributed by atoms with van der Waals surface area (Å²) in [5, 5.41) is 8.14. The van der Waals surface area contributed by atoms with Crippen LogP contribution >= 0.6 is 0 Å². The van der Waals surface area contributed by atoms with Gasteiger partial charge in [0.15, 0.2) is 11.5 Å². The lowest BCUT2D eigenvalue weighted by atomic mass is 9.79. The number of piperidine rings is 1. The fourth-order valence-corrected chi connectivity index (χ4v) is 4.63. The lowest BCUT2D eigenvalue weighted by Crippen LogP contribution is -2.48. The van der Waals surface area contributed by atoms with Crippen molar-refractivity contribution in [3.05, 3.63) is 47.0 Å². The van der Waals surface area contributed by atoms with Gasteiger partial charge >= 0.3 is 0 Å². The van der Waals surface area contributed by atoms with Crippen LogP contribution in [0.25, 0.3) is 5.78 Å². The van der Waals surface area contributed by atoms with Crippen LogP contribution in [-0.2, 0) is 16.8 Å². The number of methoxy groups -OCH3 is 2. The first-order valence-corrected chi connectivity index (χ1v) is 10.4. The van der Waals surface area contributed by atoms with Gasteiger partial charge in [-0.2, -0.15) is 0 Å². The molecule has 0 bridgehead atoms. The lowest BCUT2D eigenvalue weighted by molar-refractivity contribution is -0.0937. The summed E-state index contributed by atoms with van der Waals surface area (Å²) in [6, 6.07) is 5.92. The second-order valence-corrected chi connectivity index (χ2v) is 8.01. The third-order valence-electron chi connectivity index (χ3n) is 6.32. The Morgan fingerprint density at radius 2 is 1.87 bits per heavy atom. The van der Waals surface area contributed by atoms with Crippen LogP contribution in [0, 0.1) is 6.92 Å². The first kappa shape index (κ1) is 19.7.